The summed E-state index contributed by atoms with van der Waals surface area (Å²) < 4.78 is 13.9. The minimum Gasteiger partial charge on any atom is -0.507 e. The summed E-state index contributed by atoms with van der Waals surface area (Å²) in [6.07, 6.45) is 0. The van der Waals surface area contributed by atoms with Crippen LogP contribution in [-0.2, 0) is 0 Å². The molecule has 0 aliphatic carbocycles. The van der Waals surface area contributed by atoms with E-state index in [0.29, 0.717) is 3.57 Å². The molecular formula is C15H12FIO2. The van der Waals surface area contributed by atoms with Crippen LogP contribution < -0.4 is 0 Å². The lowest BCUT2D eigenvalue weighted by Gasteiger charge is -2.09. The van der Waals surface area contributed by atoms with Gasteiger partial charge in [0.05, 0.1) is 5.56 Å². The van der Waals surface area contributed by atoms with Crippen molar-refractivity contribution in [2.24, 2.45) is 0 Å². The van der Waals surface area contributed by atoms with E-state index in [1.807, 2.05) is 36.4 Å². The Bertz CT molecular complexity index is 665. The number of aromatic hydroxyl groups is 1. The van der Waals surface area contributed by atoms with E-state index in [4.69, 9.17) is 0 Å². The molecule has 2 rings (SSSR count). The van der Waals surface area contributed by atoms with Gasteiger partial charge in [0.25, 0.3) is 0 Å². The van der Waals surface area contributed by atoms with Crippen molar-refractivity contribution in [1.82, 2.24) is 0 Å². The van der Waals surface area contributed by atoms with Crippen LogP contribution >= 0.6 is 22.6 Å². The van der Waals surface area contributed by atoms with Crippen molar-refractivity contribution in [1.29, 1.82) is 0 Å². The van der Waals surface area contributed by atoms with Gasteiger partial charge in [-0.15, -0.1) is 0 Å². The minimum atomic E-state index is -0.466. The molecule has 0 spiro atoms. The van der Waals surface area contributed by atoms with Crippen LogP contribution in [0.3, 0.4) is 0 Å². The van der Waals surface area contributed by atoms with Gasteiger partial charge in [-0.1, -0.05) is 0 Å². The zero-order valence-corrected chi connectivity index (χ0v) is 12.7. The smallest absolute Gasteiger partial charge is 0.197 e. The van der Waals surface area contributed by atoms with Crippen molar-refractivity contribution in [3.8, 4) is 5.75 Å². The number of phenols is 1. The average Bonchev–Trinajstić information content (AvgIpc) is 2.36. The van der Waals surface area contributed by atoms with Crippen LogP contribution in [0.5, 0.6) is 5.75 Å². The van der Waals surface area contributed by atoms with Crippen LogP contribution in [0.4, 0.5) is 4.39 Å². The molecule has 0 amide bonds. The molecule has 0 aliphatic rings. The number of aryl methyl sites for hydroxylation is 2. The summed E-state index contributed by atoms with van der Waals surface area (Å²) in [6, 6.07) is 7.22. The first-order chi connectivity index (χ1) is 8.90. The van der Waals surface area contributed by atoms with Gasteiger partial charge in [0.2, 0.25) is 0 Å². The van der Waals surface area contributed by atoms with E-state index in [9.17, 15) is 14.3 Å². The first-order valence-corrected chi connectivity index (χ1v) is 6.78. The van der Waals surface area contributed by atoms with Gasteiger partial charge in [-0.3, -0.25) is 4.79 Å². The van der Waals surface area contributed by atoms with E-state index in [1.165, 1.54) is 12.1 Å². The minimum absolute atomic E-state index is 0.0758. The van der Waals surface area contributed by atoms with E-state index < -0.39 is 5.82 Å². The Morgan fingerprint density at radius 1 is 1.11 bits per heavy atom. The molecule has 2 aromatic rings. The first-order valence-electron chi connectivity index (χ1n) is 5.70. The third-order valence-electron chi connectivity index (χ3n) is 3.03. The average molecular weight is 370 g/mol. The summed E-state index contributed by atoms with van der Waals surface area (Å²) >= 11 is 1.98. The van der Waals surface area contributed by atoms with E-state index in [2.05, 4.69) is 0 Å². The molecule has 0 radical (unpaired) electrons. The lowest BCUT2D eigenvalue weighted by Crippen LogP contribution is -2.05. The monoisotopic (exact) mass is 370 g/mol. The third kappa shape index (κ3) is 2.78. The zero-order chi connectivity index (χ0) is 14.2. The SMILES string of the molecule is Cc1cc(O)c(C(=O)c2cc(F)ccc2I)cc1C. The number of halogens is 2. The summed E-state index contributed by atoms with van der Waals surface area (Å²) in [5.41, 5.74) is 2.28. The van der Waals surface area contributed by atoms with E-state index in [-0.39, 0.29) is 22.7 Å². The zero-order valence-electron chi connectivity index (χ0n) is 10.5. The molecule has 98 valence electrons. The van der Waals surface area contributed by atoms with Gasteiger partial charge in [0.15, 0.2) is 5.78 Å². The maximum atomic E-state index is 13.2. The van der Waals surface area contributed by atoms with Crippen molar-refractivity contribution in [3.05, 3.63) is 62.0 Å². The quantitative estimate of drug-likeness (QED) is 0.642. The van der Waals surface area contributed by atoms with Gasteiger partial charge in [0.1, 0.15) is 11.6 Å². The largest absolute Gasteiger partial charge is 0.507 e. The van der Waals surface area contributed by atoms with Crippen molar-refractivity contribution in [2.75, 3.05) is 0 Å². The van der Waals surface area contributed by atoms with Crippen molar-refractivity contribution >= 4 is 28.4 Å². The predicted octanol–water partition coefficient (Wildman–Crippen LogP) is 3.98. The molecule has 0 bridgehead atoms. The van der Waals surface area contributed by atoms with Crippen LogP contribution in [0.2, 0.25) is 0 Å². The molecule has 4 heteroatoms. The van der Waals surface area contributed by atoms with Gasteiger partial charge in [-0.05, 0) is 77.9 Å². The Labute approximate surface area is 124 Å². The highest BCUT2D eigenvalue weighted by Crippen LogP contribution is 2.26. The number of carbonyl (C=O) groups is 1. The molecule has 0 heterocycles. The van der Waals surface area contributed by atoms with Gasteiger partial charge >= 0.3 is 0 Å². The van der Waals surface area contributed by atoms with Gasteiger partial charge in [-0.2, -0.15) is 0 Å². The Kier molecular flexibility index (Phi) is 3.89. The molecule has 0 atom stereocenters. The van der Waals surface area contributed by atoms with Crippen LogP contribution in [0.15, 0.2) is 30.3 Å². The Hall–Kier alpha value is -1.43. The predicted molar refractivity (Wildman–Crippen MR) is 80.1 cm³/mol. The highest BCUT2D eigenvalue weighted by Gasteiger charge is 2.17. The number of hydrogen-bond donors (Lipinski definition) is 1. The van der Waals surface area contributed by atoms with Crippen molar-refractivity contribution < 1.29 is 14.3 Å². The highest BCUT2D eigenvalue weighted by molar-refractivity contribution is 14.1. The Morgan fingerprint density at radius 2 is 1.74 bits per heavy atom. The van der Waals surface area contributed by atoms with E-state index >= 15 is 0 Å². The molecule has 1 N–H and O–H groups in total. The highest BCUT2D eigenvalue weighted by atomic mass is 127. The molecule has 0 aromatic heterocycles. The van der Waals surface area contributed by atoms with E-state index in [1.54, 1.807) is 18.2 Å². The lowest BCUT2D eigenvalue weighted by atomic mass is 9.98. The fraction of sp³-hybridized carbons (Fsp3) is 0.133. The number of benzene rings is 2. The maximum Gasteiger partial charge on any atom is 0.197 e. The second-order valence-electron chi connectivity index (χ2n) is 4.41. The van der Waals surface area contributed by atoms with Crippen molar-refractivity contribution in [3.63, 3.8) is 0 Å². The van der Waals surface area contributed by atoms with Gasteiger partial charge < -0.3 is 5.11 Å². The molecule has 0 aliphatic heterocycles. The summed E-state index contributed by atoms with van der Waals surface area (Å²) in [6.45, 7) is 3.72. The molecular weight excluding hydrogens is 358 g/mol. The molecule has 0 fully saturated rings. The standard InChI is InChI=1S/C15H12FIO2/c1-8-5-12(14(18)6-9(8)2)15(19)11-7-10(16)3-4-13(11)17/h3-7,18H,1-2H3. The summed E-state index contributed by atoms with van der Waals surface area (Å²) in [5, 5.41) is 9.89. The molecule has 19 heavy (non-hydrogen) atoms. The fourth-order valence-corrected chi connectivity index (χ4v) is 2.38. The number of rotatable bonds is 2. The van der Waals surface area contributed by atoms with E-state index in [0.717, 1.165) is 11.1 Å². The molecule has 0 saturated carbocycles. The van der Waals surface area contributed by atoms with Crippen LogP contribution in [0, 0.1) is 23.2 Å². The Morgan fingerprint density at radius 3 is 2.42 bits per heavy atom. The molecule has 0 unspecified atom stereocenters. The van der Waals surface area contributed by atoms with Crippen LogP contribution in [0.25, 0.3) is 0 Å². The molecule has 0 saturated heterocycles. The number of ketones is 1. The first kappa shape index (κ1) is 14.0. The third-order valence-corrected chi connectivity index (χ3v) is 3.97. The number of phenolic OH excluding ortho intramolecular Hbond substituents is 1. The van der Waals surface area contributed by atoms with Crippen molar-refractivity contribution in [2.45, 2.75) is 13.8 Å². The van der Waals surface area contributed by atoms with Crippen LogP contribution in [0.1, 0.15) is 27.0 Å². The lowest BCUT2D eigenvalue weighted by molar-refractivity contribution is 0.103. The topological polar surface area (TPSA) is 37.3 Å². The maximum absolute atomic E-state index is 13.2. The van der Waals surface area contributed by atoms with Gasteiger partial charge in [-0.25, -0.2) is 4.39 Å². The summed E-state index contributed by atoms with van der Waals surface area (Å²) in [7, 11) is 0. The second-order valence-corrected chi connectivity index (χ2v) is 5.57. The van der Waals surface area contributed by atoms with Gasteiger partial charge in [0, 0.05) is 9.13 Å². The molecule has 2 nitrogen and oxygen atoms in total. The fourth-order valence-electron chi connectivity index (χ4n) is 1.80. The second kappa shape index (κ2) is 5.28. The molecule has 2 aromatic carbocycles. The Balaban J connectivity index is 2.56. The number of carbonyl (C=O) groups excluding carboxylic acids is 1. The normalized spacial score (nSPS) is 10.5. The summed E-state index contributed by atoms with van der Waals surface area (Å²) in [4.78, 5) is 12.4. The number of hydrogen-bond acceptors (Lipinski definition) is 2. The summed E-state index contributed by atoms with van der Waals surface area (Å²) in [5.74, 6) is -0.912. The van der Waals surface area contributed by atoms with Crippen LogP contribution in [-0.4, -0.2) is 10.9 Å².